The van der Waals surface area contributed by atoms with Crippen molar-refractivity contribution in [1.29, 1.82) is 0 Å². The molecular formula is C8H8ClF2N. The molecule has 1 atom stereocenters. The van der Waals surface area contributed by atoms with E-state index in [1.807, 2.05) is 0 Å². The Kier molecular flexibility index (Phi) is 2.65. The Labute approximate surface area is 74.1 Å². The van der Waals surface area contributed by atoms with Gasteiger partial charge in [-0.25, -0.2) is 8.78 Å². The summed E-state index contributed by atoms with van der Waals surface area (Å²) in [6, 6.07) is 1.87. The number of hydrogen-bond acceptors (Lipinski definition) is 1. The molecule has 4 heteroatoms. The fourth-order valence-corrected chi connectivity index (χ4v) is 0.947. The van der Waals surface area contributed by atoms with Crippen molar-refractivity contribution in [3.05, 3.63) is 34.4 Å². The largest absolute Gasteiger partial charge is 0.324 e. The zero-order chi connectivity index (χ0) is 9.30. The first-order valence-corrected chi connectivity index (χ1v) is 3.80. The highest BCUT2D eigenvalue weighted by Gasteiger charge is 2.10. The van der Waals surface area contributed by atoms with Crippen LogP contribution in [0.25, 0.3) is 0 Å². The van der Waals surface area contributed by atoms with Crippen molar-refractivity contribution in [2.24, 2.45) is 5.73 Å². The van der Waals surface area contributed by atoms with Crippen molar-refractivity contribution < 1.29 is 8.78 Å². The number of nitrogens with two attached hydrogens (primary N) is 1. The molecule has 0 aliphatic heterocycles. The van der Waals surface area contributed by atoms with Gasteiger partial charge >= 0.3 is 0 Å². The predicted octanol–water partition coefficient (Wildman–Crippen LogP) is 2.64. The summed E-state index contributed by atoms with van der Waals surface area (Å²) in [5.74, 6) is -1.55. The van der Waals surface area contributed by atoms with Gasteiger partial charge in [-0.15, -0.1) is 0 Å². The Balaban J connectivity index is 3.21. The summed E-state index contributed by atoms with van der Waals surface area (Å²) in [5.41, 5.74) is 5.82. The summed E-state index contributed by atoms with van der Waals surface area (Å²) in [6.07, 6.45) is 0. The van der Waals surface area contributed by atoms with Crippen LogP contribution < -0.4 is 5.73 Å². The molecule has 0 radical (unpaired) electrons. The summed E-state index contributed by atoms with van der Waals surface area (Å²) in [4.78, 5) is 0. The lowest BCUT2D eigenvalue weighted by Gasteiger charge is -2.06. The highest BCUT2D eigenvalue weighted by molar-refractivity contribution is 6.30. The number of rotatable bonds is 1. The SMILES string of the molecule is C[C@@H](N)c1cc(F)c(Cl)c(F)c1. The van der Waals surface area contributed by atoms with E-state index >= 15 is 0 Å². The van der Waals surface area contributed by atoms with E-state index in [1.165, 1.54) is 0 Å². The lowest BCUT2D eigenvalue weighted by Crippen LogP contribution is -2.06. The lowest BCUT2D eigenvalue weighted by molar-refractivity contribution is 0.577. The fraction of sp³-hybridized carbons (Fsp3) is 0.250. The van der Waals surface area contributed by atoms with Gasteiger partial charge in [0.05, 0.1) is 0 Å². The molecule has 0 saturated heterocycles. The van der Waals surface area contributed by atoms with Gasteiger partial charge in [-0.3, -0.25) is 0 Å². The molecule has 0 unspecified atom stereocenters. The van der Waals surface area contributed by atoms with E-state index in [0.717, 1.165) is 12.1 Å². The predicted molar refractivity (Wildman–Crippen MR) is 44.0 cm³/mol. The second kappa shape index (κ2) is 3.37. The normalized spacial score (nSPS) is 13.1. The molecule has 1 aromatic rings. The van der Waals surface area contributed by atoms with Crippen molar-refractivity contribution in [3.63, 3.8) is 0 Å². The lowest BCUT2D eigenvalue weighted by atomic mass is 10.1. The molecule has 0 saturated carbocycles. The average molecular weight is 192 g/mol. The number of benzene rings is 1. The molecule has 0 aliphatic carbocycles. The van der Waals surface area contributed by atoms with Crippen LogP contribution in [0.2, 0.25) is 5.02 Å². The van der Waals surface area contributed by atoms with Crippen LogP contribution in [0.5, 0.6) is 0 Å². The van der Waals surface area contributed by atoms with Gasteiger partial charge in [0, 0.05) is 6.04 Å². The smallest absolute Gasteiger partial charge is 0.145 e. The Hall–Kier alpha value is -0.670. The standard InChI is InChI=1S/C8H8ClF2N/c1-4(12)5-2-6(10)8(9)7(11)3-5/h2-4H,12H2,1H3/t4-/m1/s1. The molecule has 1 nitrogen and oxygen atoms in total. The highest BCUT2D eigenvalue weighted by Crippen LogP contribution is 2.22. The van der Waals surface area contributed by atoms with Crippen LogP contribution >= 0.6 is 11.6 Å². The van der Waals surface area contributed by atoms with Gasteiger partial charge < -0.3 is 5.73 Å². The maximum absolute atomic E-state index is 12.8. The molecule has 12 heavy (non-hydrogen) atoms. The minimum atomic E-state index is -0.774. The average Bonchev–Trinajstić information content (AvgIpc) is 1.99. The van der Waals surface area contributed by atoms with E-state index in [0.29, 0.717) is 5.56 Å². The maximum atomic E-state index is 12.8. The Bertz CT molecular complexity index is 276. The molecule has 2 N–H and O–H groups in total. The van der Waals surface area contributed by atoms with Crippen molar-refractivity contribution in [2.75, 3.05) is 0 Å². The van der Waals surface area contributed by atoms with Crippen molar-refractivity contribution in [2.45, 2.75) is 13.0 Å². The molecule has 1 rings (SSSR count). The second-order valence-electron chi connectivity index (χ2n) is 2.59. The first kappa shape index (κ1) is 9.42. The van der Waals surface area contributed by atoms with Gasteiger partial charge in [0.25, 0.3) is 0 Å². The Morgan fingerprint density at radius 3 is 2.08 bits per heavy atom. The summed E-state index contributed by atoms with van der Waals surface area (Å²) >= 11 is 5.26. The monoisotopic (exact) mass is 191 g/mol. The summed E-state index contributed by atoms with van der Waals surface area (Å²) in [7, 11) is 0. The van der Waals surface area contributed by atoms with Crippen LogP contribution in [-0.2, 0) is 0 Å². The zero-order valence-corrected chi connectivity index (χ0v) is 7.20. The third kappa shape index (κ3) is 1.73. The Morgan fingerprint density at radius 2 is 1.75 bits per heavy atom. The molecule has 66 valence electrons. The number of halogens is 3. The van der Waals surface area contributed by atoms with Crippen molar-refractivity contribution in [1.82, 2.24) is 0 Å². The third-order valence-electron chi connectivity index (χ3n) is 1.53. The first-order chi connectivity index (χ1) is 5.52. The van der Waals surface area contributed by atoms with Gasteiger partial charge in [0.1, 0.15) is 16.7 Å². The van der Waals surface area contributed by atoms with Crippen molar-refractivity contribution in [3.8, 4) is 0 Å². The molecule has 1 aromatic carbocycles. The van der Waals surface area contributed by atoms with E-state index in [-0.39, 0.29) is 0 Å². The molecule has 0 aromatic heterocycles. The van der Waals surface area contributed by atoms with Gasteiger partial charge in [-0.05, 0) is 24.6 Å². The van der Waals surface area contributed by atoms with Crippen LogP contribution in [0.15, 0.2) is 12.1 Å². The molecule has 0 spiro atoms. The minimum absolute atomic E-state index is 0.397. The summed E-state index contributed by atoms with van der Waals surface area (Å²) in [5, 5.41) is -0.487. The maximum Gasteiger partial charge on any atom is 0.145 e. The third-order valence-corrected chi connectivity index (χ3v) is 1.89. The van der Waals surface area contributed by atoms with Crippen LogP contribution in [0.3, 0.4) is 0 Å². The van der Waals surface area contributed by atoms with Gasteiger partial charge in [0.2, 0.25) is 0 Å². The minimum Gasteiger partial charge on any atom is -0.324 e. The van der Waals surface area contributed by atoms with Gasteiger partial charge in [0.15, 0.2) is 0 Å². The molecule has 0 amide bonds. The zero-order valence-electron chi connectivity index (χ0n) is 6.44. The molecule has 0 heterocycles. The van der Waals surface area contributed by atoms with Crippen LogP contribution in [-0.4, -0.2) is 0 Å². The fourth-order valence-electron chi connectivity index (χ4n) is 0.838. The van der Waals surface area contributed by atoms with E-state index in [1.54, 1.807) is 6.92 Å². The molecule has 0 fully saturated rings. The van der Waals surface area contributed by atoms with Crippen molar-refractivity contribution >= 4 is 11.6 Å². The second-order valence-corrected chi connectivity index (χ2v) is 2.97. The van der Waals surface area contributed by atoms with E-state index in [9.17, 15) is 8.78 Å². The van der Waals surface area contributed by atoms with E-state index < -0.39 is 22.7 Å². The molecular weight excluding hydrogens is 184 g/mol. The molecule has 0 aliphatic rings. The highest BCUT2D eigenvalue weighted by atomic mass is 35.5. The first-order valence-electron chi connectivity index (χ1n) is 3.42. The van der Waals surface area contributed by atoms with Gasteiger partial charge in [-0.1, -0.05) is 11.6 Å². The number of hydrogen-bond donors (Lipinski definition) is 1. The summed E-state index contributed by atoms with van der Waals surface area (Å²) in [6.45, 7) is 1.64. The van der Waals surface area contributed by atoms with E-state index in [2.05, 4.69) is 0 Å². The summed E-state index contributed by atoms with van der Waals surface area (Å²) < 4.78 is 25.5. The van der Waals surface area contributed by atoms with E-state index in [4.69, 9.17) is 17.3 Å². The quantitative estimate of drug-likeness (QED) is 0.679. The topological polar surface area (TPSA) is 26.0 Å². The van der Waals surface area contributed by atoms with Crippen LogP contribution in [0, 0.1) is 11.6 Å². The Morgan fingerprint density at radius 1 is 1.33 bits per heavy atom. The van der Waals surface area contributed by atoms with Crippen LogP contribution in [0.1, 0.15) is 18.5 Å². The molecule has 0 bridgehead atoms. The van der Waals surface area contributed by atoms with Crippen LogP contribution in [0.4, 0.5) is 8.78 Å². The van der Waals surface area contributed by atoms with Gasteiger partial charge in [-0.2, -0.15) is 0 Å².